The molecule has 2 aromatic carbocycles. The largest absolute Gasteiger partial charge is 0.497 e. The van der Waals surface area contributed by atoms with Crippen LogP contribution in [0.1, 0.15) is 51.7 Å². The smallest absolute Gasteiger partial charge is 0.330 e. The maximum atomic E-state index is 11.4. The van der Waals surface area contributed by atoms with Gasteiger partial charge in [-0.25, -0.2) is 9.59 Å². The molecule has 0 heterocycles. The molecule has 0 aliphatic carbocycles. The van der Waals surface area contributed by atoms with E-state index in [1.54, 1.807) is 26.4 Å². The zero-order valence-corrected chi connectivity index (χ0v) is 22.4. The highest BCUT2D eigenvalue weighted by molar-refractivity contribution is 5.87. The molecule has 0 N–H and O–H groups in total. The van der Waals surface area contributed by atoms with Crippen molar-refractivity contribution in [2.45, 2.75) is 40.5 Å². The van der Waals surface area contributed by atoms with E-state index in [0.29, 0.717) is 25.0 Å². The first kappa shape index (κ1) is 30.5. The first-order chi connectivity index (χ1) is 17.2. The van der Waals surface area contributed by atoms with Gasteiger partial charge in [0.15, 0.2) is 0 Å². The summed E-state index contributed by atoms with van der Waals surface area (Å²) in [6.45, 7) is 9.34. The molecule has 0 amide bonds. The van der Waals surface area contributed by atoms with Crippen molar-refractivity contribution in [1.29, 1.82) is 0 Å². The van der Waals surface area contributed by atoms with Crippen molar-refractivity contribution in [2.24, 2.45) is 11.8 Å². The highest BCUT2D eigenvalue weighted by Gasteiger charge is 2.00. The SMILES string of the molecule is COc1ccc(/C=C/C(=O)OCCC(C)C)cc1.COc1ccc(/C=C/C(=O)OCCC(C)C)cc1. The number of carbonyl (C=O) groups excluding carboxylic acids is 2. The highest BCUT2D eigenvalue weighted by Crippen LogP contribution is 2.13. The van der Waals surface area contributed by atoms with Crippen LogP contribution < -0.4 is 9.47 Å². The summed E-state index contributed by atoms with van der Waals surface area (Å²) in [5.74, 6) is 2.09. The minimum Gasteiger partial charge on any atom is -0.497 e. The quantitative estimate of drug-likeness (QED) is 0.244. The second-order valence-corrected chi connectivity index (χ2v) is 8.91. The summed E-state index contributed by atoms with van der Waals surface area (Å²) in [5.41, 5.74) is 1.88. The Morgan fingerprint density at radius 1 is 0.639 bits per heavy atom. The molecule has 0 unspecified atom stereocenters. The van der Waals surface area contributed by atoms with E-state index in [4.69, 9.17) is 18.9 Å². The van der Waals surface area contributed by atoms with Gasteiger partial charge in [0.25, 0.3) is 0 Å². The van der Waals surface area contributed by atoms with Gasteiger partial charge in [0.1, 0.15) is 11.5 Å². The Morgan fingerprint density at radius 3 is 1.25 bits per heavy atom. The van der Waals surface area contributed by atoms with Crippen molar-refractivity contribution in [3.63, 3.8) is 0 Å². The molecule has 2 rings (SSSR count). The highest BCUT2D eigenvalue weighted by atomic mass is 16.5. The third kappa shape index (κ3) is 14.7. The number of carbonyl (C=O) groups is 2. The molecule has 2 aromatic rings. The lowest BCUT2D eigenvalue weighted by Crippen LogP contribution is -2.04. The molecule has 0 aliphatic heterocycles. The number of ether oxygens (including phenoxy) is 4. The van der Waals surface area contributed by atoms with Gasteiger partial charge in [0.05, 0.1) is 27.4 Å². The Labute approximate surface area is 215 Å². The van der Waals surface area contributed by atoms with Gasteiger partial charge in [-0.2, -0.15) is 0 Å². The molecule has 196 valence electrons. The number of rotatable bonds is 12. The predicted molar refractivity (Wildman–Crippen MR) is 145 cm³/mol. The van der Waals surface area contributed by atoms with E-state index in [-0.39, 0.29) is 11.9 Å². The van der Waals surface area contributed by atoms with Crippen LogP contribution >= 0.6 is 0 Å². The summed E-state index contributed by atoms with van der Waals surface area (Å²) in [5, 5.41) is 0. The summed E-state index contributed by atoms with van der Waals surface area (Å²) in [6.07, 6.45) is 8.14. The van der Waals surface area contributed by atoms with Crippen LogP contribution in [0.5, 0.6) is 11.5 Å². The fourth-order valence-electron chi connectivity index (χ4n) is 2.65. The van der Waals surface area contributed by atoms with Gasteiger partial charge in [-0.05, 0) is 72.2 Å². The first-order valence-corrected chi connectivity index (χ1v) is 12.2. The van der Waals surface area contributed by atoms with Gasteiger partial charge >= 0.3 is 11.9 Å². The summed E-state index contributed by atoms with van der Waals surface area (Å²) in [4.78, 5) is 22.8. The Balaban J connectivity index is 0.000000360. The number of hydrogen-bond donors (Lipinski definition) is 0. The Kier molecular flexibility index (Phi) is 15.1. The number of methoxy groups -OCH3 is 2. The second kappa shape index (κ2) is 17.8. The third-order valence-corrected chi connectivity index (χ3v) is 4.93. The zero-order chi connectivity index (χ0) is 26.8. The van der Waals surface area contributed by atoms with Gasteiger partial charge in [0.2, 0.25) is 0 Å². The number of benzene rings is 2. The van der Waals surface area contributed by atoms with Gasteiger partial charge in [-0.15, -0.1) is 0 Å². The Bertz CT molecular complexity index is 861. The van der Waals surface area contributed by atoms with Crippen molar-refractivity contribution in [3.8, 4) is 11.5 Å². The van der Waals surface area contributed by atoms with E-state index < -0.39 is 0 Å². The molecule has 0 saturated carbocycles. The van der Waals surface area contributed by atoms with Crippen molar-refractivity contribution in [2.75, 3.05) is 27.4 Å². The van der Waals surface area contributed by atoms with Crippen LogP contribution in [0.25, 0.3) is 12.2 Å². The van der Waals surface area contributed by atoms with Crippen molar-refractivity contribution < 1.29 is 28.5 Å². The molecule has 0 radical (unpaired) electrons. The summed E-state index contributed by atoms with van der Waals surface area (Å²) >= 11 is 0. The topological polar surface area (TPSA) is 71.1 Å². The van der Waals surface area contributed by atoms with E-state index in [1.807, 2.05) is 48.5 Å². The standard InChI is InChI=1S/2C15H20O3/c2*1-12(2)10-11-18-15(16)9-6-13-4-7-14(17-3)8-5-13/h2*4-9,12H,10-11H2,1-3H3/b2*9-6+. The lowest BCUT2D eigenvalue weighted by molar-refractivity contribution is -0.138. The van der Waals surface area contributed by atoms with Crippen LogP contribution in [0, 0.1) is 11.8 Å². The lowest BCUT2D eigenvalue weighted by atomic mass is 10.1. The van der Waals surface area contributed by atoms with Crippen LogP contribution in [0.4, 0.5) is 0 Å². The van der Waals surface area contributed by atoms with Gasteiger partial charge in [-0.3, -0.25) is 0 Å². The molecule has 36 heavy (non-hydrogen) atoms. The van der Waals surface area contributed by atoms with Crippen LogP contribution in [0.15, 0.2) is 60.7 Å². The van der Waals surface area contributed by atoms with Gasteiger partial charge in [-0.1, -0.05) is 52.0 Å². The van der Waals surface area contributed by atoms with Crippen LogP contribution in [-0.2, 0) is 19.1 Å². The number of esters is 2. The molecule has 0 atom stereocenters. The minimum atomic E-state index is -0.300. The van der Waals surface area contributed by atoms with Crippen molar-refractivity contribution in [1.82, 2.24) is 0 Å². The van der Waals surface area contributed by atoms with Gasteiger partial charge in [0, 0.05) is 12.2 Å². The predicted octanol–water partition coefficient (Wildman–Crippen LogP) is 6.60. The molecular weight excluding hydrogens is 456 g/mol. The average molecular weight is 497 g/mol. The molecular formula is C30H40O6. The molecule has 0 spiro atoms. The lowest BCUT2D eigenvalue weighted by Gasteiger charge is -2.04. The first-order valence-electron chi connectivity index (χ1n) is 12.2. The van der Waals surface area contributed by atoms with E-state index in [0.717, 1.165) is 35.5 Å². The summed E-state index contributed by atoms with van der Waals surface area (Å²) in [7, 11) is 3.24. The Morgan fingerprint density at radius 2 is 0.972 bits per heavy atom. The third-order valence-electron chi connectivity index (χ3n) is 4.93. The fourth-order valence-corrected chi connectivity index (χ4v) is 2.65. The monoisotopic (exact) mass is 496 g/mol. The van der Waals surface area contributed by atoms with Gasteiger partial charge < -0.3 is 18.9 Å². The molecule has 0 aromatic heterocycles. The van der Waals surface area contributed by atoms with E-state index in [9.17, 15) is 9.59 Å². The van der Waals surface area contributed by atoms with Crippen LogP contribution in [0.2, 0.25) is 0 Å². The number of hydrogen-bond acceptors (Lipinski definition) is 6. The second-order valence-electron chi connectivity index (χ2n) is 8.91. The van der Waals surface area contributed by atoms with E-state index in [2.05, 4.69) is 27.7 Å². The fraction of sp³-hybridized carbons (Fsp3) is 0.400. The van der Waals surface area contributed by atoms with Crippen molar-refractivity contribution >= 4 is 24.1 Å². The molecule has 6 heteroatoms. The zero-order valence-electron chi connectivity index (χ0n) is 22.4. The van der Waals surface area contributed by atoms with Crippen LogP contribution in [0.3, 0.4) is 0 Å². The Hall–Kier alpha value is -3.54. The molecule has 0 aliphatic rings. The maximum Gasteiger partial charge on any atom is 0.330 e. The minimum absolute atomic E-state index is 0.300. The van der Waals surface area contributed by atoms with E-state index in [1.165, 1.54) is 12.2 Å². The normalized spacial score (nSPS) is 10.9. The van der Waals surface area contributed by atoms with Crippen molar-refractivity contribution in [3.05, 3.63) is 71.8 Å². The van der Waals surface area contributed by atoms with E-state index >= 15 is 0 Å². The molecule has 6 nitrogen and oxygen atoms in total. The molecule has 0 bridgehead atoms. The maximum absolute atomic E-state index is 11.4. The summed E-state index contributed by atoms with van der Waals surface area (Å²) < 4.78 is 20.2. The average Bonchev–Trinajstić information content (AvgIpc) is 2.87. The molecule has 0 fully saturated rings. The summed E-state index contributed by atoms with van der Waals surface area (Å²) in [6, 6.07) is 14.9. The molecule has 0 saturated heterocycles. The van der Waals surface area contributed by atoms with Crippen LogP contribution in [-0.4, -0.2) is 39.4 Å².